The van der Waals surface area contributed by atoms with E-state index in [0.29, 0.717) is 17.8 Å². The van der Waals surface area contributed by atoms with Gasteiger partial charge in [-0.1, -0.05) is 34.1 Å². The largest absolute Gasteiger partial charge is 0.481 e. The first kappa shape index (κ1) is 14.4. The average Bonchev–Trinajstić information content (AvgIpc) is 2.01. The maximum absolute atomic E-state index is 10.6. The zero-order valence-corrected chi connectivity index (χ0v) is 10.4. The van der Waals surface area contributed by atoms with Gasteiger partial charge in [-0.05, 0) is 24.2 Å². The minimum atomic E-state index is -0.794. The van der Waals surface area contributed by atoms with Crippen molar-refractivity contribution >= 4 is 5.97 Å². The van der Waals surface area contributed by atoms with E-state index in [1.54, 1.807) is 0 Å². The maximum Gasteiger partial charge on any atom is 0.304 e. The molecular weight excluding hydrogens is 190 g/mol. The molecule has 0 aromatic heterocycles. The summed E-state index contributed by atoms with van der Waals surface area (Å²) in [6.07, 6.45) is 2.16. The van der Waals surface area contributed by atoms with E-state index in [0.717, 1.165) is 12.8 Å². The highest BCUT2D eigenvalue weighted by Crippen LogP contribution is 2.26. The van der Waals surface area contributed by atoms with Crippen LogP contribution in [0.5, 0.6) is 0 Å². The molecule has 0 spiro atoms. The molecule has 0 saturated heterocycles. The third kappa shape index (κ3) is 5.78. The minimum Gasteiger partial charge on any atom is -0.481 e. The number of hydrogen-bond donors (Lipinski definition) is 2. The van der Waals surface area contributed by atoms with Crippen molar-refractivity contribution in [2.24, 2.45) is 23.5 Å². The Morgan fingerprint density at radius 3 is 2.20 bits per heavy atom. The number of carbonyl (C=O) groups is 1. The molecule has 0 aromatic carbocycles. The summed E-state index contributed by atoms with van der Waals surface area (Å²) >= 11 is 0. The highest BCUT2D eigenvalue weighted by Gasteiger charge is 2.24. The monoisotopic (exact) mass is 215 g/mol. The van der Waals surface area contributed by atoms with Gasteiger partial charge in [-0.2, -0.15) is 0 Å². The van der Waals surface area contributed by atoms with Gasteiger partial charge in [-0.3, -0.25) is 4.79 Å². The van der Waals surface area contributed by atoms with Crippen LogP contribution in [-0.4, -0.2) is 17.1 Å². The van der Waals surface area contributed by atoms with Gasteiger partial charge in [-0.15, -0.1) is 0 Å². The van der Waals surface area contributed by atoms with Crippen LogP contribution in [-0.2, 0) is 4.79 Å². The van der Waals surface area contributed by atoms with Gasteiger partial charge in [0.25, 0.3) is 0 Å². The third-order valence-corrected chi connectivity index (χ3v) is 3.01. The Kier molecular flexibility index (Phi) is 6.57. The summed E-state index contributed by atoms with van der Waals surface area (Å²) in [6, 6.07) is -0.207. The van der Waals surface area contributed by atoms with E-state index in [1.165, 1.54) is 0 Å². The standard InChI is InChI=1S/C12H25NO2/c1-5-10(9(4)6-8(2)3)11(13)7-12(14)15/h8-11H,5-7,13H2,1-4H3,(H,14,15). The highest BCUT2D eigenvalue weighted by atomic mass is 16.4. The Labute approximate surface area is 93.0 Å². The fraction of sp³-hybridized carbons (Fsp3) is 0.917. The molecule has 0 rings (SSSR count). The fourth-order valence-electron chi connectivity index (χ4n) is 2.40. The Morgan fingerprint density at radius 1 is 1.33 bits per heavy atom. The second kappa shape index (κ2) is 6.83. The molecule has 0 heterocycles. The zero-order chi connectivity index (χ0) is 12.0. The molecule has 0 saturated carbocycles. The summed E-state index contributed by atoms with van der Waals surface area (Å²) in [6.45, 7) is 8.64. The van der Waals surface area contributed by atoms with Gasteiger partial charge in [0, 0.05) is 6.04 Å². The molecule has 0 fully saturated rings. The lowest BCUT2D eigenvalue weighted by molar-refractivity contribution is -0.137. The van der Waals surface area contributed by atoms with E-state index in [4.69, 9.17) is 10.8 Å². The second-order valence-corrected chi connectivity index (χ2v) is 4.94. The SMILES string of the molecule is CCC(C(C)CC(C)C)C(N)CC(=O)O. The van der Waals surface area contributed by atoms with Crippen molar-refractivity contribution in [3.63, 3.8) is 0 Å². The minimum absolute atomic E-state index is 0.0843. The van der Waals surface area contributed by atoms with E-state index in [-0.39, 0.29) is 12.5 Å². The maximum atomic E-state index is 10.6. The second-order valence-electron chi connectivity index (χ2n) is 4.94. The van der Waals surface area contributed by atoms with Gasteiger partial charge in [0.15, 0.2) is 0 Å². The van der Waals surface area contributed by atoms with Crippen LogP contribution < -0.4 is 5.73 Å². The van der Waals surface area contributed by atoms with Crippen LogP contribution in [0.2, 0.25) is 0 Å². The number of rotatable bonds is 7. The Balaban J connectivity index is 4.26. The molecule has 3 nitrogen and oxygen atoms in total. The lowest BCUT2D eigenvalue weighted by Gasteiger charge is -2.28. The number of nitrogens with two attached hydrogens (primary N) is 1. The first-order chi connectivity index (χ1) is 6.88. The van der Waals surface area contributed by atoms with Gasteiger partial charge < -0.3 is 10.8 Å². The number of hydrogen-bond acceptors (Lipinski definition) is 2. The Bertz CT molecular complexity index is 192. The van der Waals surface area contributed by atoms with E-state index in [1.807, 2.05) is 0 Å². The first-order valence-electron chi connectivity index (χ1n) is 5.85. The number of aliphatic carboxylic acids is 1. The molecule has 3 N–H and O–H groups in total. The van der Waals surface area contributed by atoms with Crippen LogP contribution in [0.3, 0.4) is 0 Å². The molecule has 0 aliphatic heterocycles. The number of carboxylic acid groups (broad SMARTS) is 1. The molecule has 3 atom stereocenters. The molecule has 0 aliphatic carbocycles. The van der Waals surface area contributed by atoms with E-state index >= 15 is 0 Å². The molecule has 3 unspecified atom stereocenters. The van der Waals surface area contributed by atoms with Crippen LogP contribution >= 0.6 is 0 Å². The van der Waals surface area contributed by atoms with Gasteiger partial charge >= 0.3 is 5.97 Å². The van der Waals surface area contributed by atoms with Crippen LogP contribution in [0.4, 0.5) is 0 Å². The predicted octanol–water partition coefficient (Wildman–Crippen LogP) is 2.50. The molecule has 0 aliphatic rings. The Morgan fingerprint density at radius 2 is 1.87 bits per heavy atom. The van der Waals surface area contributed by atoms with Crippen molar-refractivity contribution < 1.29 is 9.90 Å². The van der Waals surface area contributed by atoms with Crippen LogP contribution in [0.1, 0.15) is 47.0 Å². The van der Waals surface area contributed by atoms with Crippen molar-refractivity contribution in [1.29, 1.82) is 0 Å². The van der Waals surface area contributed by atoms with Gasteiger partial charge in [0.05, 0.1) is 6.42 Å². The summed E-state index contributed by atoms with van der Waals surface area (Å²) in [4.78, 5) is 10.6. The summed E-state index contributed by atoms with van der Waals surface area (Å²) in [5, 5.41) is 8.71. The van der Waals surface area contributed by atoms with Crippen molar-refractivity contribution in [2.45, 2.75) is 53.0 Å². The quantitative estimate of drug-likeness (QED) is 0.686. The van der Waals surface area contributed by atoms with Gasteiger partial charge in [0.1, 0.15) is 0 Å². The lowest BCUT2D eigenvalue weighted by Crippen LogP contribution is -2.36. The summed E-state index contributed by atoms with van der Waals surface area (Å²) in [5.41, 5.74) is 5.93. The molecule has 15 heavy (non-hydrogen) atoms. The smallest absolute Gasteiger partial charge is 0.304 e. The van der Waals surface area contributed by atoms with Crippen molar-refractivity contribution in [3.05, 3.63) is 0 Å². The first-order valence-corrected chi connectivity index (χ1v) is 5.85. The third-order valence-electron chi connectivity index (χ3n) is 3.01. The van der Waals surface area contributed by atoms with Gasteiger partial charge in [0.2, 0.25) is 0 Å². The molecule has 0 bridgehead atoms. The average molecular weight is 215 g/mol. The zero-order valence-electron chi connectivity index (χ0n) is 10.4. The van der Waals surface area contributed by atoms with Crippen molar-refractivity contribution in [2.75, 3.05) is 0 Å². The summed E-state index contributed by atoms with van der Waals surface area (Å²) in [5.74, 6) is 0.677. The molecule has 90 valence electrons. The Hall–Kier alpha value is -0.570. The highest BCUT2D eigenvalue weighted by molar-refractivity contribution is 5.67. The van der Waals surface area contributed by atoms with Crippen molar-refractivity contribution in [1.82, 2.24) is 0 Å². The topological polar surface area (TPSA) is 63.3 Å². The van der Waals surface area contributed by atoms with E-state index in [2.05, 4.69) is 27.7 Å². The molecule has 0 aromatic rings. The van der Waals surface area contributed by atoms with Crippen LogP contribution in [0, 0.1) is 17.8 Å². The molecule has 0 amide bonds. The number of carboxylic acids is 1. The molecule has 0 radical (unpaired) electrons. The lowest BCUT2D eigenvalue weighted by atomic mass is 9.80. The summed E-state index contributed by atoms with van der Waals surface area (Å²) in [7, 11) is 0. The predicted molar refractivity (Wildman–Crippen MR) is 62.6 cm³/mol. The summed E-state index contributed by atoms with van der Waals surface area (Å²) < 4.78 is 0. The van der Waals surface area contributed by atoms with Crippen LogP contribution in [0.15, 0.2) is 0 Å². The molecule has 3 heteroatoms. The van der Waals surface area contributed by atoms with E-state index in [9.17, 15) is 4.79 Å². The van der Waals surface area contributed by atoms with Crippen molar-refractivity contribution in [3.8, 4) is 0 Å². The fourth-order valence-corrected chi connectivity index (χ4v) is 2.40. The van der Waals surface area contributed by atoms with E-state index < -0.39 is 5.97 Å². The van der Waals surface area contributed by atoms with Crippen LogP contribution in [0.25, 0.3) is 0 Å². The normalized spacial score (nSPS) is 17.5. The molecular formula is C12H25NO2. The van der Waals surface area contributed by atoms with Gasteiger partial charge in [-0.25, -0.2) is 0 Å².